The van der Waals surface area contributed by atoms with Crippen LogP contribution in [0, 0.1) is 0 Å². The largest absolute Gasteiger partial charge is 0.493 e. The molecule has 0 spiro atoms. The standard InChI is InChI=1S/C34H42N4O7S/c1-24(26-10-6-5-7-11-26)36-18-20-37(21-19-36)29-14-8-13-28-32(29)34(40)38(33(28)39)27(12-9-17-35(2)46(41,42)43)22-25-15-16-30(44-3)31(23-25)45-4/h5-8,10-11,13-16,23-24,27H,9,12,17-22H2,1-4H3,(H,41,42,43)/t24-,27-/m1/s1. The first kappa shape index (κ1) is 33.4. The van der Waals surface area contributed by atoms with E-state index in [2.05, 4.69) is 41.0 Å². The number of nitrogens with zero attached hydrogens (tertiary/aromatic N) is 4. The third kappa shape index (κ3) is 7.05. The molecule has 246 valence electrons. The lowest BCUT2D eigenvalue weighted by atomic mass is 9.99. The van der Waals surface area contributed by atoms with E-state index < -0.39 is 16.3 Å². The highest BCUT2D eigenvalue weighted by molar-refractivity contribution is 7.83. The maximum atomic E-state index is 14.2. The van der Waals surface area contributed by atoms with Gasteiger partial charge in [-0.15, -0.1) is 0 Å². The molecule has 0 saturated carbocycles. The summed E-state index contributed by atoms with van der Waals surface area (Å²) in [7, 11) is 0.0151. The number of fused-ring (bicyclic) bond motifs is 1. The van der Waals surface area contributed by atoms with Crippen LogP contribution in [0.5, 0.6) is 11.5 Å². The van der Waals surface area contributed by atoms with Crippen molar-refractivity contribution in [1.82, 2.24) is 14.1 Å². The molecule has 0 aromatic heterocycles. The molecule has 2 heterocycles. The van der Waals surface area contributed by atoms with E-state index in [0.717, 1.165) is 28.6 Å². The van der Waals surface area contributed by atoms with Crippen LogP contribution in [0.1, 0.15) is 57.7 Å². The van der Waals surface area contributed by atoms with E-state index in [1.165, 1.54) is 24.6 Å². The maximum absolute atomic E-state index is 14.2. The third-order valence-electron chi connectivity index (χ3n) is 9.10. The second kappa shape index (κ2) is 14.2. The summed E-state index contributed by atoms with van der Waals surface area (Å²) >= 11 is 0. The normalized spacial score (nSPS) is 16.9. The first-order chi connectivity index (χ1) is 22.0. The molecule has 3 aromatic carbocycles. The Labute approximate surface area is 271 Å². The smallest absolute Gasteiger partial charge is 0.335 e. The van der Waals surface area contributed by atoms with Crippen molar-refractivity contribution in [3.05, 3.63) is 89.0 Å². The van der Waals surface area contributed by atoms with Crippen LogP contribution in [0.2, 0.25) is 0 Å². The maximum Gasteiger partial charge on any atom is 0.335 e. The van der Waals surface area contributed by atoms with Crippen LogP contribution < -0.4 is 14.4 Å². The van der Waals surface area contributed by atoms with Crippen molar-refractivity contribution in [2.24, 2.45) is 0 Å². The monoisotopic (exact) mass is 650 g/mol. The van der Waals surface area contributed by atoms with Crippen LogP contribution in [-0.2, 0) is 16.7 Å². The summed E-state index contributed by atoms with van der Waals surface area (Å²) in [4.78, 5) is 34.1. The minimum Gasteiger partial charge on any atom is -0.493 e. The van der Waals surface area contributed by atoms with Gasteiger partial charge in [0.1, 0.15) is 0 Å². The molecule has 0 unspecified atom stereocenters. The Bertz CT molecular complexity index is 1660. The van der Waals surface area contributed by atoms with Gasteiger partial charge in [0.25, 0.3) is 11.8 Å². The van der Waals surface area contributed by atoms with E-state index in [0.29, 0.717) is 55.0 Å². The number of benzene rings is 3. The van der Waals surface area contributed by atoms with Crippen molar-refractivity contribution < 1.29 is 32.0 Å². The Kier molecular flexibility index (Phi) is 10.3. The third-order valence-corrected chi connectivity index (χ3v) is 10.1. The molecule has 0 aliphatic carbocycles. The van der Waals surface area contributed by atoms with Crippen molar-refractivity contribution in [2.45, 2.75) is 38.3 Å². The van der Waals surface area contributed by atoms with Crippen LogP contribution in [0.15, 0.2) is 66.7 Å². The van der Waals surface area contributed by atoms with E-state index in [9.17, 15) is 22.6 Å². The Morgan fingerprint density at radius 1 is 0.891 bits per heavy atom. The summed E-state index contributed by atoms with van der Waals surface area (Å²) in [5.74, 6) is 0.354. The first-order valence-electron chi connectivity index (χ1n) is 15.5. The van der Waals surface area contributed by atoms with Gasteiger partial charge in [-0.3, -0.25) is 23.9 Å². The number of anilines is 1. The highest BCUT2D eigenvalue weighted by Crippen LogP contribution is 2.36. The molecular weight excluding hydrogens is 608 g/mol. The topological polar surface area (TPSA) is 120 Å². The molecule has 12 heteroatoms. The van der Waals surface area contributed by atoms with Gasteiger partial charge < -0.3 is 14.4 Å². The second-order valence-electron chi connectivity index (χ2n) is 11.8. The minimum atomic E-state index is -4.36. The fourth-order valence-electron chi connectivity index (χ4n) is 6.44. The number of rotatable bonds is 13. The zero-order chi connectivity index (χ0) is 33.0. The average Bonchev–Trinajstić information content (AvgIpc) is 3.32. The number of ether oxygens (including phenoxy) is 2. The summed E-state index contributed by atoms with van der Waals surface area (Å²) in [6.45, 7) is 5.29. The van der Waals surface area contributed by atoms with E-state index in [1.54, 1.807) is 19.2 Å². The number of carbonyl (C=O) groups is 2. The predicted octanol–water partition coefficient (Wildman–Crippen LogP) is 4.31. The molecular formula is C34H42N4O7S. The van der Waals surface area contributed by atoms with Crippen LogP contribution in [0.4, 0.5) is 5.69 Å². The number of methoxy groups -OCH3 is 2. The number of hydrogen-bond donors (Lipinski definition) is 1. The van der Waals surface area contributed by atoms with E-state index in [4.69, 9.17) is 9.47 Å². The summed E-state index contributed by atoms with van der Waals surface area (Å²) in [5.41, 5.74) is 3.61. The lowest BCUT2D eigenvalue weighted by Crippen LogP contribution is -2.47. The molecule has 1 fully saturated rings. The number of amides is 2. The van der Waals surface area contributed by atoms with Crippen molar-refractivity contribution in [2.75, 3.05) is 58.9 Å². The molecule has 2 atom stereocenters. The lowest BCUT2D eigenvalue weighted by Gasteiger charge is -2.39. The zero-order valence-electron chi connectivity index (χ0n) is 26.8. The fourth-order valence-corrected chi connectivity index (χ4v) is 6.80. The summed E-state index contributed by atoms with van der Waals surface area (Å²) < 4.78 is 44.3. The number of piperazine rings is 1. The lowest BCUT2D eigenvalue weighted by molar-refractivity contribution is 0.0572. The molecule has 1 saturated heterocycles. The molecule has 46 heavy (non-hydrogen) atoms. The van der Waals surface area contributed by atoms with Gasteiger partial charge in [0.05, 0.1) is 31.0 Å². The molecule has 2 amide bonds. The number of carbonyl (C=O) groups excluding carboxylic acids is 2. The van der Waals surface area contributed by atoms with Gasteiger partial charge in [0, 0.05) is 51.9 Å². The average molecular weight is 651 g/mol. The van der Waals surface area contributed by atoms with Gasteiger partial charge in [-0.2, -0.15) is 12.7 Å². The minimum absolute atomic E-state index is 0.0291. The van der Waals surface area contributed by atoms with Gasteiger partial charge in [-0.25, -0.2) is 0 Å². The van der Waals surface area contributed by atoms with Gasteiger partial charge >= 0.3 is 10.3 Å². The first-order valence-corrected chi connectivity index (χ1v) is 16.9. The Balaban J connectivity index is 1.38. The molecule has 11 nitrogen and oxygen atoms in total. The van der Waals surface area contributed by atoms with E-state index in [-0.39, 0.29) is 24.4 Å². The molecule has 5 rings (SSSR count). The molecule has 0 bridgehead atoms. The predicted molar refractivity (Wildman–Crippen MR) is 176 cm³/mol. The quantitative estimate of drug-likeness (QED) is 0.213. The van der Waals surface area contributed by atoms with Crippen molar-refractivity contribution >= 4 is 27.8 Å². The van der Waals surface area contributed by atoms with Crippen molar-refractivity contribution in [3.63, 3.8) is 0 Å². The van der Waals surface area contributed by atoms with Crippen LogP contribution in [0.3, 0.4) is 0 Å². The SMILES string of the molecule is COc1ccc(C[C@@H](CCCN(C)S(=O)(=O)O)N2C(=O)c3cccc(N4CCN([C@H](C)c5ccccc5)CC4)c3C2=O)cc1OC. The summed E-state index contributed by atoms with van der Waals surface area (Å²) in [5, 5.41) is 0. The Morgan fingerprint density at radius 3 is 2.24 bits per heavy atom. The van der Waals surface area contributed by atoms with Crippen molar-refractivity contribution in [3.8, 4) is 11.5 Å². The number of hydrogen-bond acceptors (Lipinski definition) is 8. The Hall–Kier alpha value is -3.97. The summed E-state index contributed by atoms with van der Waals surface area (Å²) in [6.07, 6.45) is 0.966. The molecule has 1 N–H and O–H groups in total. The highest BCUT2D eigenvalue weighted by atomic mass is 32.2. The van der Waals surface area contributed by atoms with Gasteiger partial charge in [0.2, 0.25) is 0 Å². The zero-order valence-corrected chi connectivity index (χ0v) is 27.6. The molecule has 2 aliphatic rings. The molecule has 3 aromatic rings. The Morgan fingerprint density at radius 2 is 1.59 bits per heavy atom. The van der Waals surface area contributed by atoms with E-state index >= 15 is 0 Å². The van der Waals surface area contributed by atoms with Gasteiger partial charge in [-0.1, -0.05) is 42.5 Å². The van der Waals surface area contributed by atoms with Crippen LogP contribution in [-0.4, -0.2) is 98.9 Å². The van der Waals surface area contributed by atoms with Crippen LogP contribution in [0.25, 0.3) is 0 Å². The van der Waals surface area contributed by atoms with Crippen molar-refractivity contribution in [1.29, 1.82) is 0 Å². The van der Waals surface area contributed by atoms with Gasteiger partial charge in [-0.05, 0) is 61.6 Å². The van der Waals surface area contributed by atoms with E-state index in [1.807, 2.05) is 30.3 Å². The molecule has 0 radical (unpaired) electrons. The molecule has 2 aliphatic heterocycles. The van der Waals surface area contributed by atoms with Gasteiger partial charge in [0.15, 0.2) is 11.5 Å². The highest BCUT2D eigenvalue weighted by Gasteiger charge is 2.42. The fraction of sp³-hybridized carbons (Fsp3) is 0.412. The number of imide groups is 1. The summed E-state index contributed by atoms with van der Waals surface area (Å²) in [6, 6.07) is 21.0. The second-order valence-corrected chi connectivity index (χ2v) is 13.3. The van der Waals surface area contributed by atoms with Crippen LogP contribution >= 0.6 is 0 Å².